The van der Waals surface area contributed by atoms with E-state index in [-0.39, 0.29) is 17.9 Å². The maximum Gasteiger partial charge on any atom is 0.238 e. The van der Waals surface area contributed by atoms with Gasteiger partial charge in [-0.15, -0.1) is 0 Å². The van der Waals surface area contributed by atoms with Crippen LogP contribution in [0.15, 0.2) is 18.2 Å². The molecule has 0 aromatic heterocycles. The first kappa shape index (κ1) is 18.9. The van der Waals surface area contributed by atoms with Crippen molar-refractivity contribution >= 4 is 17.5 Å². The minimum Gasteiger partial charge on any atom is -0.352 e. The fraction of sp³-hybridized carbons (Fsp3) is 0.600. The summed E-state index contributed by atoms with van der Waals surface area (Å²) >= 11 is 0. The Hall–Kier alpha value is -1.92. The Bertz CT molecular complexity index is 664. The molecule has 6 nitrogen and oxygen atoms in total. The summed E-state index contributed by atoms with van der Waals surface area (Å²) in [5, 5.41) is 6.09. The molecule has 1 atom stereocenters. The van der Waals surface area contributed by atoms with Gasteiger partial charge in [0.15, 0.2) is 0 Å². The standard InChI is InChI=1S/C20H30N4O2/c1-14-5-4-6-18(15(14)2)22-19(25)13-23-9-11-24(12-10-23)16(3)20(26)21-17-7-8-17/h4-6,16-17H,7-13H2,1-3H3,(H,21,26)(H,22,25)/t16-/m1/s1. The molecule has 1 aliphatic carbocycles. The Morgan fingerprint density at radius 1 is 1.15 bits per heavy atom. The molecule has 0 radical (unpaired) electrons. The van der Waals surface area contributed by atoms with E-state index in [1.54, 1.807) is 0 Å². The molecule has 0 unspecified atom stereocenters. The largest absolute Gasteiger partial charge is 0.352 e. The predicted octanol–water partition coefficient (Wildman–Crippen LogP) is 1.53. The lowest BCUT2D eigenvalue weighted by molar-refractivity contribution is -0.127. The number of nitrogens with zero attached hydrogens (tertiary/aromatic N) is 2. The molecule has 2 fully saturated rings. The second kappa shape index (κ2) is 8.18. The van der Waals surface area contributed by atoms with E-state index in [4.69, 9.17) is 0 Å². The number of carbonyl (C=O) groups excluding carboxylic acids is 2. The minimum atomic E-state index is -0.0958. The van der Waals surface area contributed by atoms with Crippen molar-refractivity contribution in [3.05, 3.63) is 29.3 Å². The summed E-state index contributed by atoms with van der Waals surface area (Å²) in [7, 11) is 0. The van der Waals surface area contributed by atoms with Gasteiger partial charge in [-0.1, -0.05) is 12.1 Å². The van der Waals surface area contributed by atoms with Crippen LogP contribution in [0.4, 0.5) is 5.69 Å². The lowest BCUT2D eigenvalue weighted by Gasteiger charge is -2.37. The first-order valence-corrected chi connectivity index (χ1v) is 9.57. The van der Waals surface area contributed by atoms with Gasteiger partial charge < -0.3 is 10.6 Å². The fourth-order valence-corrected chi connectivity index (χ4v) is 3.30. The van der Waals surface area contributed by atoms with Crippen LogP contribution in [0.1, 0.15) is 30.9 Å². The highest BCUT2D eigenvalue weighted by Crippen LogP contribution is 2.20. The van der Waals surface area contributed by atoms with Gasteiger partial charge in [0.25, 0.3) is 0 Å². The number of hydrogen-bond acceptors (Lipinski definition) is 4. The molecule has 1 aromatic carbocycles. The summed E-state index contributed by atoms with van der Waals surface area (Å²) in [4.78, 5) is 28.9. The van der Waals surface area contributed by atoms with Crippen molar-refractivity contribution in [1.29, 1.82) is 0 Å². The number of hydrogen-bond donors (Lipinski definition) is 2. The van der Waals surface area contributed by atoms with Crippen LogP contribution >= 0.6 is 0 Å². The van der Waals surface area contributed by atoms with Gasteiger partial charge in [-0.2, -0.15) is 0 Å². The van der Waals surface area contributed by atoms with Crippen LogP contribution in [0.5, 0.6) is 0 Å². The van der Waals surface area contributed by atoms with E-state index in [0.29, 0.717) is 12.6 Å². The van der Waals surface area contributed by atoms with E-state index in [2.05, 4.69) is 20.4 Å². The van der Waals surface area contributed by atoms with Crippen molar-refractivity contribution in [1.82, 2.24) is 15.1 Å². The van der Waals surface area contributed by atoms with Crippen molar-refractivity contribution in [3.8, 4) is 0 Å². The van der Waals surface area contributed by atoms with Gasteiger partial charge in [-0.25, -0.2) is 0 Å². The van der Waals surface area contributed by atoms with Crippen LogP contribution in [0.2, 0.25) is 0 Å². The zero-order chi connectivity index (χ0) is 18.7. The van der Waals surface area contributed by atoms with Crippen molar-refractivity contribution in [2.75, 3.05) is 38.0 Å². The third-order valence-electron chi connectivity index (χ3n) is 5.50. The van der Waals surface area contributed by atoms with E-state index in [1.165, 1.54) is 5.56 Å². The van der Waals surface area contributed by atoms with E-state index in [1.807, 2.05) is 39.0 Å². The van der Waals surface area contributed by atoms with Gasteiger partial charge in [0, 0.05) is 37.9 Å². The average molecular weight is 358 g/mol. The van der Waals surface area contributed by atoms with E-state index < -0.39 is 0 Å². The Kier molecular flexibility index (Phi) is 5.94. The summed E-state index contributed by atoms with van der Waals surface area (Å²) in [6.07, 6.45) is 2.23. The number of nitrogens with one attached hydrogen (secondary N) is 2. The Labute approximate surface area is 155 Å². The molecule has 6 heteroatoms. The highest BCUT2D eigenvalue weighted by molar-refractivity contribution is 5.93. The number of benzene rings is 1. The number of anilines is 1. The van der Waals surface area contributed by atoms with Crippen LogP contribution in [0, 0.1) is 13.8 Å². The first-order valence-electron chi connectivity index (χ1n) is 9.57. The number of amides is 2. The molecular weight excluding hydrogens is 328 g/mol. The van der Waals surface area contributed by atoms with Crippen LogP contribution in [0.25, 0.3) is 0 Å². The molecule has 1 saturated carbocycles. The van der Waals surface area contributed by atoms with Crippen molar-refractivity contribution in [3.63, 3.8) is 0 Å². The quantitative estimate of drug-likeness (QED) is 0.809. The second-order valence-corrected chi connectivity index (χ2v) is 7.57. The zero-order valence-electron chi connectivity index (χ0n) is 16.0. The third kappa shape index (κ3) is 4.83. The lowest BCUT2D eigenvalue weighted by Crippen LogP contribution is -2.55. The number of aryl methyl sites for hydroxylation is 1. The molecule has 142 valence electrons. The minimum absolute atomic E-state index is 0.0201. The molecule has 0 spiro atoms. The van der Waals surface area contributed by atoms with Crippen molar-refractivity contribution in [2.45, 2.75) is 45.7 Å². The Morgan fingerprint density at radius 2 is 1.85 bits per heavy atom. The van der Waals surface area contributed by atoms with E-state index in [9.17, 15) is 9.59 Å². The normalized spacial score (nSPS) is 19.8. The maximum absolute atomic E-state index is 12.4. The van der Waals surface area contributed by atoms with Gasteiger partial charge in [-0.05, 0) is 50.8 Å². The molecule has 1 heterocycles. The summed E-state index contributed by atoms with van der Waals surface area (Å²) in [5.41, 5.74) is 3.18. The number of rotatable bonds is 6. The topological polar surface area (TPSA) is 64.7 Å². The van der Waals surface area contributed by atoms with Crippen LogP contribution in [-0.2, 0) is 9.59 Å². The summed E-state index contributed by atoms with van der Waals surface area (Å²) in [5.74, 6) is 0.153. The second-order valence-electron chi connectivity index (χ2n) is 7.57. The fourth-order valence-electron chi connectivity index (χ4n) is 3.30. The highest BCUT2D eigenvalue weighted by atomic mass is 16.2. The Balaban J connectivity index is 1.43. The van der Waals surface area contributed by atoms with E-state index >= 15 is 0 Å². The molecule has 26 heavy (non-hydrogen) atoms. The Morgan fingerprint density at radius 3 is 2.50 bits per heavy atom. The van der Waals surface area contributed by atoms with Gasteiger partial charge in [0.05, 0.1) is 12.6 Å². The first-order chi connectivity index (χ1) is 12.4. The average Bonchev–Trinajstić information content (AvgIpc) is 3.43. The highest BCUT2D eigenvalue weighted by Gasteiger charge is 2.30. The van der Waals surface area contributed by atoms with Gasteiger partial charge in [-0.3, -0.25) is 19.4 Å². The van der Waals surface area contributed by atoms with Gasteiger partial charge >= 0.3 is 0 Å². The molecule has 1 saturated heterocycles. The smallest absolute Gasteiger partial charge is 0.238 e. The predicted molar refractivity (Wildman–Crippen MR) is 103 cm³/mol. The SMILES string of the molecule is Cc1cccc(NC(=O)CN2CCN([C@H](C)C(=O)NC3CC3)CC2)c1C. The summed E-state index contributed by atoms with van der Waals surface area (Å²) in [6.45, 7) is 9.68. The van der Waals surface area contributed by atoms with Crippen LogP contribution in [-0.4, -0.2) is 66.4 Å². The monoisotopic (exact) mass is 358 g/mol. The van der Waals surface area contributed by atoms with Gasteiger partial charge in [0.1, 0.15) is 0 Å². The lowest BCUT2D eigenvalue weighted by atomic mass is 10.1. The molecule has 2 amide bonds. The number of piperazine rings is 1. The van der Waals surface area contributed by atoms with Crippen molar-refractivity contribution < 1.29 is 9.59 Å². The molecular formula is C20H30N4O2. The zero-order valence-corrected chi connectivity index (χ0v) is 16.0. The molecule has 1 aromatic rings. The molecule has 2 aliphatic rings. The number of carbonyl (C=O) groups is 2. The molecule has 1 aliphatic heterocycles. The summed E-state index contributed by atoms with van der Waals surface area (Å²) < 4.78 is 0. The summed E-state index contributed by atoms with van der Waals surface area (Å²) in [6, 6.07) is 6.26. The third-order valence-corrected chi connectivity index (χ3v) is 5.50. The molecule has 0 bridgehead atoms. The maximum atomic E-state index is 12.4. The van der Waals surface area contributed by atoms with Gasteiger partial charge in [0.2, 0.25) is 11.8 Å². The van der Waals surface area contributed by atoms with Crippen molar-refractivity contribution in [2.24, 2.45) is 0 Å². The van der Waals surface area contributed by atoms with E-state index in [0.717, 1.165) is 50.3 Å². The molecule has 3 rings (SSSR count). The molecule has 2 N–H and O–H groups in total. The van der Waals surface area contributed by atoms with Crippen LogP contribution in [0.3, 0.4) is 0 Å². The van der Waals surface area contributed by atoms with Crippen LogP contribution < -0.4 is 10.6 Å².